The van der Waals surface area contributed by atoms with Crippen LogP contribution in [0, 0.1) is 11.6 Å². The maximum atomic E-state index is 13.5. The van der Waals surface area contributed by atoms with Crippen molar-refractivity contribution in [2.75, 3.05) is 17.6 Å². The molecule has 1 aliphatic rings. The summed E-state index contributed by atoms with van der Waals surface area (Å²) in [6.45, 7) is 0.703. The van der Waals surface area contributed by atoms with Crippen LogP contribution in [0.4, 0.5) is 14.5 Å². The quantitative estimate of drug-likeness (QED) is 0.857. The molecule has 2 rings (SSSR count). The summed E-state index contributed by atoms with van der Waals surface area (Å²) in [5.74, 6) is -0.326. The largest absolute Gasteiger partial charge is 0.330 e. The first-order chi connectivity index (χ1) is 7.66. The summed E-state index contributed by atoms with van der Waals surface area (Å²) in [5, 5.41) is 3.26. The van der Waals surface area contributed by atoms with Crippen molar-refractivity contribution in [3.05, 3.63) is 28.2 Å². The van der Waals surface area contributed by atoms with Crippen molar-refractivity contribution in [2.45, 2.75) is 6.42 Å². The Morgan fingerprint density at radius 1 is 1.31 bits per heavy atom. The molecule has 0 fully saturated rings. The Labute approximate surface area is 105 Å². The molecule has 1 N–H and O–H groups in total. The van der Waals surface area contributed by atoms with Gasteiger partial charge in [0.05, 0.1) is 0 Å². The highest BCUT2D eigenvalue weighted by Gasteiger charge is 2.14. The van der Waals surface area contributed by atoms with Crippen molar-refractivity contribution in [2.24, 2.45) is 4.99 Å². The SMILES string of the molecule is Fc1cc(Br)cc(F)c1NC1=NCCCS1. The molecule has 1 aromatic rings. The van der Waals surface area contributed by atoms with Gasteiger partial charge in [0, 0.05) is 16.8 Å². The van der Waals surface area contributed by atoms with Crippen LogP contribution in [0.5, 0.6) is 0 Å². The number of rotatable bonds is 1. The van der Waals surface area contributed by atoms with E-state index in [1.54, 1.807) is 0 Å². The van der Waals surface area contributed by atoms with Gasteiger partial charge in [0.25, 0.3) is 0 Å². The number of nitrogens with one attached hydrogen (secondary N) is 1. The average Bonchev–Trinajstić information content (AvgIpc) is 2.25. The van der Waals surface area contributed by atoms with E-state index in [-0.39, 0.29) is 5.69 Å². The van der Waals surface area contributed by atoms with Crippen LogP contribution < -0.4 is 5.32 Å². The van der Waals surface area contributed by atoms with E-state index in [0.717, 1.165) is 12.2 Å². The summed E-state index contributed by atoms with van der Waals surface area (Å²) >= 11 is 4.50. The fourth-order valence-corrected chi connectivity index (χ4v) is 2.53. The van der Waals surface area contributed by atoms with E-state index in [2.05, 4.69) is 26.2 Å². The van der Waals surface area contributed by atoms with Gasteiger partial charge in [0.15, 0.2) is 16.8 Å². The van der Waals surface area contributed by atoms with Crippen molar-refractivity contribution in [3.8, 4) is 0 Å². The van der Waals surface area contributed by atoms with Gasteiger partial charge in [0.1, 0.15) is 5.69 Å². The fraction of sp³-hybridized carbons (Fsp3) is 0.300. The molecule has 1 aromatic carbocycles. The van der Waals surface area contributed by atoms with E-state index in [0.29, 0.717) is 16.2 Å². The number of hydrogen-bond donors (Lipinski definition) is 1. The Hall–Kier alpha value is -0.620. The third-order valence-electron chi connectivity index (χ3n) is 2.04. The molecule has 0 saturated carbocycles. The lowest BCUT2D eigenvalue weighted by Crippen LogP contribution is -2.15. The number of amidine groups is 1. The van der Waals surface area contributed by atoms with Gasteiger partial charge >= 0.3 is 0 Å². The van der Waals surface area contributed by atoms with Gasteiger partial charge in [-0.3, -0.25) is 4.99 Å². The van der Waals surface area contributed by atoms with Crippen LogP contribution in [0.3, 0.4) is 0 Å². The number of aliphatic imine (C=N–C) groups is 1. The van der Waals surface area contributed by atoms with E-state index in [4.69, 9.17) is 0 Å². The average molecular weight is 307 g/mol. The van der Waals surface area contributed by atoms with E-state index in [1.165, 1.54) is 23.9 Å². The molecular weight excluding hydrogens is 298 g/mol. The molecule has 0 saturated heterocycles. The first-order valence-electron chi connectivity index (χ1n) is 4.75. The second-order valence-corrected chi connectivity index (χ2v) is 5.26. The van der Waals surface area contributed by atoms with Crippen LogP contribution in [-0.4, -0.2) is 17.5 Å². The van der Waals surface area contributed by atoms with Crippen molar-refractivity contribution in [1.29, 1.82) is 0 Å². The summed E-state index contributed by atoms with van der Waals surface area (Å²) < 4.78 is 27.3. The third kappa shape index (κ3) is 2.74. The Balaban J connectivity index is 2.24. The Morgan fingerprint density at radius 3 is 2.56 bits per heavy atom. The molecular formula is C10H9BrF2N2S. The zero-order chi connectivity index (χ0) is 11.5. The number of hydrogen-bond acceptors (Lipinski definition) is 3. The normalized spacial score (nSPS) is 15.8. The highest BCUT2D eigenvalue weighted by atomic mass is 79.9. The molecule has 2 nitrogen and oxygen atoms in total. The Morgan fingerprint density at radius 2 is 2.00 bits per heavy atom. The molecule has 0 aromatic heterocycles. The summed E-state index contributed by atoms with van der Waals surface area (Å²) in [5.41, 5.74) is -0.142. The van der Waals surface area contributed by atoms with Crippen LogP contribution in [0.2, 0.25) is 0 Å². The summed E-state index contributed by atoms with van der Waals surface area (Å²) in [4.78, 5) is 4.15. The molecule has 0 unspecified atom stereocenters. The first-order valence-corrected chi connectivity index (χ1v) is 6.53. The van der Waals surface area contributed by atoms with Gasteiger partial charge in [-0.15, -0.1) is 0 Å². The minimum atomic E-state index is -0.624. The molecule has 16 heavy (non-hydrogen) atoms. The molecule has 0 spiro atoms. The van der Waals surface area contributed by atoms with Crippen molar-refractivity contribution >= 4 is 38.5 Å². The molecule has 1 heterocycles. The molecule has 0 aliphatic carbocycles. The van der Waals surface area contributed by atoms with Gasteiger partial charge in [-0.05, 0) is 18.6 Å². The van der Waals surface area contributed by atoms with Crippen molar-refractivity contribution in [1.82, 2.24) is 0 Å². The van der Waals surface area contributed by atoms with Crippen LogP contribution in [-0.2, 0) is 0 Å². The standard InChI is InChI=1S/C10H9BrF2N2S/c11-6-4-7(12)9(8(13)5-6)15-10-14-2-1-3-16-10/h4-5H,1-3H2,(H,14,15). The predicted molar refractivity (Wildman–Crippen MR) is 67.1 cm³/mol. The fourth-order valence-electron chi connectivity index (χ4n) is 1.30. The maximum Gasteiger partial charge on any atom is 0.161 e. The van der Waals surface area contributed by atoms with Crippen LogP contribution >= 0.6 is 27.7 Å². The van der Waals surface area contributed by atoms with Crippen LogP contribution in [0.25, 0.3) is 0 Å². The van der Waals surface area contributed by atoms with Crippen molar-refractivity contribution < 1.29 is 8.78 Å². The number of benzene rings is 1. The summed E-state index contributed by atoms with van der Waals surface area (Å²) in [7, 11) is 0. The molecule has 1 aliphatic heterocycles. The van der Waals surface area contributed by atoms with E-state index < -0.39 is 11.6 Å². The predicted octanol–water partition coefficient (Wildman–Crippen LogP) is 3.63. The molecule has 0 amide bonds. The van der Waals surface area contributed by atoms with E-state index in [9.17, 15) is 8.78 Å². The van der Waals surface area contributed by atoms with Crippen LogP contribution in [0.15, 0.2) is 21.6 Å². The topological polar surface area (TPSA) is 24.4 Å². The number of thioether (sulfide) groups is 1. The van der Waals surface area contributed by atoms with E-state index in [1.807, 2.05) is 0 Å². The smallest absolute Gasteiger partial charge is 0.161 e. The lowest BCUT2D eigenvalue weighted by Gasteiger charge is -2.14. The minimum absolute atomic E-state index is 0.142. The lowest BCUT2D eigenvalue weighted by molar-refractivity contribution is 0.590. The van der Waals surface area contributed by atoms with Crippen molar-refractivity contribution in [3.63, 3.8) is 0 Å². The Bertz CT molecular complexity index is 414. The Kier molecular flexibility index (Phi) is 3.81. The molecule has 0 bridgehead atoms. The monoisotopic (exact) mass is 306 g/mol. The second-order valence-electron chi connectivity index (χ2n) is 3.26. The highest BCUT2D eigenvalue weighted by molar-refractivity contribution is 9.10. The zero-order valence-electron chi connectivity index (χ0n) is 8.27. The minimum Gasteiger partial charge on any atom is -0.330 e. The summed E-state index contributed by atoms with van der Waals surface area (Å²) in [6.07, 6.45) is 1.00. The molecule has 86 valence electrons. The molecule has 6 heteroatoms. The van der Waals surface area contributed by atoms with Gasteiger partial charge in [-0.2, -0.15) is 0 Å². The van der Waals surface area contributed by atoms with Crippen LogP contribution in [0.1, 0.15) is 6.42 Å². The first kappa shape index (κ1) is 11.9. The zero-order valence-corrected chi connectivity index (χ0v) is 10.7. The molecule has 0 atom stereocenters. The number of anilines is 1. The third-order valence-corrected chi connectivity index (χ3v) is 3.49. The van der Waals surface area contributed by atoms with Gasteiger partial charge < -0.3 is 5.32 Å². The van der Waals surface area contributed by atoms with Gasteiger partial charge in [-0.1, -0.05) is 27.7 Å². The summed E-state index contributed by atoms with van der Waals surface area (Å²) in [6, 6.07) is 2.44. The highest BCUT2D eigenvalue weighted by Crippen LogP contribution is 2.25. The molecule has 0 radical (unpaired) electrons. The second kappa shape index (κ2) is 5.14. The number of halogens is 3. The maximum absolute atomic E-state index is 13.5. The lowest BCUT2D eigenvalue weighted by atomic mass is 10.3. The van der Waals surface area contributed by atoms with E-state index >= 15 is 0 Å². The van der Waals surface area contributed by atoms with Gasteiger partial charge in [0.2, 0.25) is 0 Å². The van der Waals surface area contributed by atoms with Gasteiger partial charge in [-0.25, -0.2) is 8.78 Å². The number of nitrogens with zero attached hydrogens (tertiary/aromatic N) is 1.